The number of aromatic nitrogens is 2. The Morgan fingerprint density at radius 3 is 2.57 bits per heavy atom. The molecule has 0 bridgehead atoms. The summed E-state index contributed by atoms with van der Waals surface area (Å²) in [6.45, 7) is 0. The van der Waals surface area contributed by atoms with Crippen LogP contribution in [0.5, 0.6) is 0 Å². The zero-order valence-corrected chi connectivity index (χ0v) is 12.6. The highest BCUT2D eigenvalue weighted by atomic mass is 35.5. The van der Waals surface area contributed by atoms with Crippen LogP contribution in [0.3, 0.4) is 0 Å². The molecule has 0 aliphatic carbocycles. The molecule has 10 heteroatoms. The van der Waals surface area contributed by atoms with Gasteiger partial charge in [0.2, 0.25) is 5.91 Å². The van der Waals surface area contributed by atoms with Gasteiger partial charge in [0.1, 0.15) is 23.8 Å². The van der Waals surface area contributed by atoms with E-state index in [2.05, 4.69) is 25.9 Å². The van der Waals surface area contributed by atoms with Crippen LogP contribution in [-0.2, 0) is 0 Å². The number of amides is 3. The highest BCUT2D eigenvalue weighted by Crippen LogP contribution is 2.29. The smallest absolute Gasteiger partial charge is 0.324 e. The fourth-order valence-corrected chi connectivity index (χ4v) is 1.97. The van der Waals surface area contributed by atoms with Crippen LogP contribution in [0.15, 0.2) is 24.5 Å². The van der Waals surface area contributed by atoms with Crippen molar-refractivity contribution in [2.24, 2.45) is 5.73 Å². The van der Waals surface area contributed by atoms with E-state index in [-0.39, 0.29) is 22.1 Å². The van der Waals surface area contributed by atoms with Crippen molar-refractivity contribution in [3.8, 4) is 0 Å². The summed E-state index contributed by atoms with van der Waals surface area (Å²) in [7, 11) is 1.65. The predicted octanol–water partition coefficient (Wildman–Crippen LogP) is 2.05. The molecule has 0 aliphatic rings. The second-order valence-electron chi connectivity index (χ2n) is 4.27. The highest BCUT2D eigenvalue weighted by Gasteiger charge is 2.17. The molecule has 3 amide bonds. The Bertz CT molecular complexity index is 770. The largest absolute Gasteiger partial charge is 0.373 e. The molecule has 0 radical (unpaired) electrons. The lowest BCUT2D eigenvalue weighted by molar-refractivity contribution is 0.100. The summed E-state index contributed by atoms with van der Waals surface area (Å²) in [6.07, 6.45) is 1.24. The van der Waals surface area contributed by atoms with Crippen molar-refractivity contribution in [3.63, 3.8) is 0 Å². The summed E-state index contributed by atoms with van der Waals surface area (Å²) >= 11 is 5.88. The number of rotatable bonds is 4. The van der Waals surface area contributed by atoms with E-state index in [1.165, 1.54) is 12.4 Å². The maximum Gasteiger partial charge on any atom is 0.324 e. The molecule has 5 N–H and O–H groups in total. The molecule has 0 unspecified atom stereocenters. The number of nitrogens with two attached hydrogens (primary N) is 1. The van der Waals surface area contributed by atoms with Crippen LogP contribution in [0.2, 0.25) is 5.02 Å². The lowest BCUT2D eigenvalue weighted by Gasteiger charge is -2.11. The molecule has 120 valence electrons. The molecule has 0 atom stereocenters. The monoisotopic (exact) mass is 338 g/mol. The minimum atomic E-state index is -0.840. The third-order valence-corrected chi connectivity index (χ3v) is 3.15. The van der Waals surface area contributed by atoms with E-state index in [1.807, 2.05) is 0 Å². The fraction of sp³-hybridized carbons (Fsp3) is 0.0769. The van der Waals surface area contributed by atoms with Crippen molar-refractivity contribution in [1.82, 2.24) is 9.97 Å². The van der Waals surface area contributed by atoms with E-state index in [0.717, 1.165) is 12.1 Å². The first-order chi connectivity index (χ1) is 10.9. The Balaban J connectivity index is 2.20. The topological polar surface area (TPSA) is 122 Å². The molecule has 0 saturated heterocycles. The number of nitrogens with zero attached hydrogens (tertiary/aromatic N) is 2. The molecule has 1 aromatic carbocycles. The molecule has 0 spiro atoms. The predicted molar refractivity (Wildman–Crippen MR) is 84.1 cm³/mol. The Kier molecular flexibility index (Phi) is 4.91. The Morgan fingerprint density at radius 2 is 1.91 bits per heavy atom. The van der Waals surface area contributed by atoms with E-state index in [4.69, 9.17) is 17.3 Å². The summed E-state index contributed by atoms with van der Waals surface area (Å²) in [4.78, 5) is 30.8. The van der Waals surface area contributed by atoms with Gasteiger partial charge in [-0.1, -0.05) is 11.6 Å². The van der Waals surface area contributed by atoms with Crippen molar-refractivity contribution in [2.75, 3.05) is 23.0 Å². The maximum atomic E-state index is 13.8. The lowest BCUT2D eigenvalue weighted by Crippen LogP contribution is -2.22. The number of anilines is 3. The van der Waals surface area contributed by atoms with Gasteiger partial charge in [-0.25, -0.2) is 19.2 Å². The maximum absolute atomic E-state index is 13.8. The molecule has 23 heavy (non-hydrogen) atoms. The third kappa shape index (κ3) is 3.83. The average molecular weight is 339 g/mol. The molecule has 2 aromatic rings. The number of hydrogen-bond acceptors (Lipinski definition) is 5. The number of carbonyl (C=O) groups excluding carboxylic acids is 2. The summed E-state index contributed by atoms with van der Waals surface area (Å²) in [5.74, 6) is -0.985. The molecule has 8 nitrogen and oxygen atoms in total. The number of hydrogen-bond donors (Lipinski definition) is 4. The van der Waals surface area contributed by atoms with Crippen molar-refractivity contribution in [2.45, 2.75) is 0 Å². The van der Waals surface area contributed by atoms with Crippen LogP contribution in [0.4, 0.5) is 26.5 Å². The number of nitrogens with one attached hydrogen (secondary N) is 3. The van der Waals surface area contributed by atoms with Gasteiger partial charge in [-0.15, -0.1) is 0 Å². The van der Waals surface area contributed by atoms with Crippen molar-refractivity contribution < 1.29 is 14.0 Å². The van der Waals surface area contributed by atoms with Crippen molar-refractivity contribution in [3.05, 3.63) is 40.9 Å². The Morgan fingerprint density at radius 1 is 1.22 bits per heavy atom. The normalized spacial score (nSPS) is 10.0. The SMILES string of the molecule is CNc1cc(NC(=O)Nc2c(F)ccc(C(N)=O)c2Cl)ncn1. The molecule has 2 rings (SSSR count). The molecule has 0 aliphatic heterocycles. The standard InChI is InChI=1S/C13H12ClFN6O2/c1-17-8-4-9(19-5-18-8)20-13(23)21-11-7(15)3-2-6(10(11)14)12(16)22/h2-5H,1H3,(H2,16,22)(H3,17,18,19,20,21,23). The van der Waals surface area contributed by atoms with Crippen LogP contribution in [-0.4, -0.2) is 29.0 Å². The van der Waals surface area contributed by atoms with Gasteiger partial charge in [-0.3, -0.25) is 10.1 Å². The molecule has 1 aromatic heterocycles. The zero-order chi connectivity index (χ0) is 17.0. The minimum absolute atomic E-state index is 0.108. The fourth-order valence-electron chi connectivity index (χ4n) is 1.68. The van der Waals surface area contributed by atoms with Gasteiger partial charge in [0, 0.05) is 13.1 Å². The highest BCUT2D eigenvalue weighted by molar-refractivity contribution is 6.37. The van der Waals surface area contributed by atoms with E-state index in [1.54, 1.807) is 7.05 Å². The van der Waals surface area contributed by atoms with E-state index in [9.17, 15) is 14.0 Å². The molecular weight excluding hydrogens is 327 g/mol. The number of urea groups is 1. The van der Waals surface area contributed by atoms with Gasteiger partial charge >= 0.3 is 6.03 Å². The molecule has 1 heterocycles. The summed E-state index contributed by atoms with van der Waals surface area (Å²) in [5, 5.41) is 7.09. The van der Waals surface area contributed by atoms with E-state index in [0.29, 0.717) is 5.82 Å². The lowest BCUT2D eigenvalue weighted by atomic mass is 10.2. The summed E-state index contributed by atoms with van der Waals surface area (Å²) in [5.41, 5.74) is 4.66. The number of halogens is 2. The van der Waals surface area contributed by atoms with Crippen LogP contribution >= 0.6 is 11.6 Å². The number of benzene rings is 1. The van der Waals surface area contributed by atoms with Gasteiger partial charge in [-0.2, -0.15) is 0 Å². The Hall–Kier alpha value is -2.94. The minimum Gasteiger partial charge on any atom is -0.373 e. The van der Waals surface area contributed by atoms with Gasteiger partial charge in [0.25, 0.3) is 0 Å². The van der Waals surface area contributed by atoms with Crippen molar-refractivity contribution >= 4 is 40.9 Å². The zero-order valence-electron chi connectivity index (χ0n) is 11.9. The first-order valence-corrected chi connectivity index (χ1v) is 6.65. The number of carbonyl (C=O) groups is 2. The summed E-state index contributed by atoms with van der Waals surface area (Å²) < 4.78 is 13.8. The second-order valence-corrected chi connectivity index (χ2v) is 4.64. The van der Waals surface area contributed by atoms with Gasteiger partial charge < -0.3 is 16.4 Å². The van der Waals surface area contributed by atoms with Crippen LogP contribution in [0.25, 0.3) is 0 Å². The Labute approximate surface area is 135 Å². The third-order valence-electron chi connectivity index (χ3n) is 2.76. The van der Waals surface area contributed by atoms with E-state index < -0.39 is 17.8 Å². The second kappa shape index (κ2) is 6.88. The quantitative estimate of drug-likeness (QED) is 0.679. The number of primary amides is 1. The van der Waals surface area contributed by atoms with Gasteiger partial charge in [0.05, 0.1) is 16.3 Å². The molecule has 0 fully saturated rings. The first kappa shape index (κ1) is 16.4. The van der Waals surface area contributed by atoms with Crippen LogP contribution < -0.4 is 21.7 Å². The first-order valence-electron chi connectivity index (χ1n) is 6.28. The summed E-state index contributed by atoms with van der Waals surface area (Å²) in [6, 6.07) is 2.78. The van der Waals surface area contributed by atoms with E-state index >= 15 is 0 Å². The molecule has 0 saturated carbocycles. The van der Waals surface area contributed by atoms with Gasteiger partial charge in [-0.05, 0) is 12.1 Å². The van der Waals surface area contributed by atoms with Crippen LogP contribution in [0, 0.1) is 5.82 Å². The van der Waals surface area contributed by atoms with Crippen LogP contribution in [0.1, 0.15) is 10.4 Å². The van der Waals surface area contributed by atoms with Crippen molar-refractivity contribution in [1.29, 1.82) is 0 Å². The van der Waals surface area contributed by atoms with Gasteiger partial charge in [0.15, 0.2) is 0 Å². The average Bonchev–Trinajstić information content (AvgIpc) is 2.51. The molecular formula is C13H12ClFN6O2.